The third kappa shape index (κ3) is 7.15. The van der Waals surface area contributed by atoms with E-state index in [0.29, 0.717) is 12.3 Å². The fourth-order valence-corrected chi connectivity index (χ4v) is 2.57. The van der Waals surface area contributed by atoms with Gasteiger partial charge in [0.1, 0.15) is 0 Å². The van der Waals surface area contributed by atoms with Crippen LogP contribution in [0.1, 0.15) is 46.0 Å². The molecule has 1 saturated heterocycles. The molecule has 0 aromatic rings. The van der Waals surface area contributed by atoms with Gasteiger partial charge in [0, 0.05) is 32.0 Å². The van der Waals surface area contributed by atoms with Gasteiger partial charge in [0.25, 0.3) is 0 Å². The van der Waals surface area contributed by atoms with Crippen molar-refractivity contribution < 1.29 is 14.7 Å². The highest BCUT2D eigenvalue weighted by atomic mass is 16.4. The monoisotopic (exact) mass is 270 g/mol. The van der Waals surface area contributed by atoms with Gasteiger partial charge in [-0.3, -0.25) is 9.59 Å². The van der Waals surface area contributed by atoms with Gasteiger partial charge < -0.3 is 15.3 Å². The molecule has 0 aromatic heterocycles. The lowest BCUT2D eigenvalue weighted by Crippen LogP contribution is -2.39. The number of nitrogens with zero attached hydrogens (tertiary/aromatic N) is 1. The minimum absolute atomic E-state index is 0.0997. The molecule has 0 bridgehead atoms. The third-order valence-corrected chi connectivity index (χ3v) is 3.47. The maximum atomic E-state index is 11.6. The minimum atomic E-state index is -0.714. The number of rotatable bonds is 7. The minimum Gasteiger partial charge on any atom is -0.481 e. The Morgan fingerprint density at radius 2 is 2.11 bits per heavy atom. The molecule has 1 rings (SSSR count). The number of carbonyl (C=O) groups excluding carboxylic acids is 1. The standard InChI is InChI=1S/C14H26N2O3/c1-11(2)15-13(17)7-9-16-8-3-4-12(10-16)5-6-14(18)19/h11-12H,3-10H2,1-2H3,(H,15,17)(H,18,19). The van der Waals surface area contributed by atoms with Crippen LogP contribution in [-0.4, -0.2) is 47.6 Å². The number of nitrogens with one attached hydrogen (secondary N) is 1. The number of carboxylic acids is 1. The van der Waals surface area contributed by atoms with Crippen LogP contribution in [0.4, 0.5) is 0 Å². The predicted molar refractivity (Wildman–Crippen MR) is 73.9 cm³/mol. The van der Waals surface area contributed by atoms with E-state index in [4.69, 9.17) is 5.11 Å². The van der Waals surface area contributed by atoms with E-state index in [0.717, 1.165) is 38.9 Å². The summed E-state index contributed by atoms with van der Waals surface area (Å²) < 4.78 is 0. The van der Waals surface area contributed by atoms with E-state index in [-0.39, 0.29) is 18.4 Å². The molecule has 110 valence electrons. The summed E-state index contributed by atoms with van der Waals surface area (Å²) in [5.74, 6) is -0.144. The number of carbonyl (C=O) groups is 2. The molecule has 2 N–H and O–H groups in total. The van der Waals surface area contributed by atoms with Crippen LogP contribution in [0.3, 0.4) is 0 Å². The topological polar surface area (TPSA) is 69.6 Å². The highest BCUT2D eigenvalue weighted by molar-refractivity contribution is 5.76. The van der Waals surface area contributed by atoms with E-state index in [1.165, 1.54) is 0 Å². The van der Waals surface area contributed by atoms with Gasteiger partial charge in [-0.05, 0) is 45.6 Å². The molecule has 0 aromatic carbocycles. The van der Waals surface area contributed by atoms with Crippen molar-refractivity contribution in [3.05, 3.63) is 0 Å². The Bertz CT molecular complexity index is 305. The lowest BCUT2D eigenvalue weighted by molar-refractivity contribution is -0.137. The van der Waals surface area contributed by atoms with Gasteiger partial charge in [0.05, 0.1) is 0 Å². The molecule has 0 aliphatic carbocycles. The fourth-order valence-electron chi connectivity index (χ4n) is 2.57. The van der Waals surface area contributed by atoms with Gasteiger partial charge in [-0.1, -0.05) is 0 Å². The molecule has 1 aliphatic heterocycles. The summed E-state index contributed by atoms with van der Waals surface area (Å²) in [5.41, 5.74) is 0. The highest BCUT2D eigenvalue weighted by Crippen LogP contribution is 2.20. The van der Waals surface area contributed by atoms with Crippen molar-refractivity contribution in [2.24, 2.45) is 5.92 Å². The van der Waals surface area contributed by atoms with Crippen molar-refractivity contribution in [1.82, 2.24) is 10.2 Å². The second-order valence-electron chi connectivity index (χ2n) is 5.71. The molecule has 0 spiro atoms. The fraction of sp³-hybridized carbons (Fsp3) is 0.857. The van der Waals surface area contributed by atoms with Crippen LogP contribution < -0.4 is 5.32 Å². The molecular weight excluding hydrogens is 244 g/mol. The van der Waals surface area contributed by atoms with Crippen LogP contribution in [0.5, 0.6) is 0 Å². The molecule has 5 heteroatoms. The molecule has 1 unspecified atom stereocenters. The lowest BCUT2D eigenvalue weighted by Gasteiger charge is -2.32. The van der Waals surface area contributed by atoms with E-state index in [1.807, 2.05) is 13.8 Å². The van der Waals surface area contributed by atoms with Crippen LogP contribution in [0.25, 0.3) is 0 Å². The van der Waals surface area contributed by atoms with Crippen LogP contribution in [0.2, 0.25) is 0 Å². The summed E-state index contributed by atoms with van der Waals surface area (Å²) in [7, 11) is 0. The Kier molecular flexibility index (Phi) is 6.84. The van der Waals surface area contributed by atoms with Crippen molar-refractivity contribution in [2.45, 2.75) is 52.0 Å². The Morgan fingerprint density at radius 3 is 2.74 bits per heavy atom. The van der Waals surface area contributed by atoms with Crippen LogP contribution in [0.15, 0.2) is 0 Å². The first-order valence-electron chi connectivity index (χ1n) is 7.21. The van der Waals surface area contributed by atoms with Gasteiger partial charge in [-0.2, -0.15) is 0 Å². The van der Waals surface area contributed by atoms with Gasteiger partial charge in [-0.25, -0.2) is 0 Å². The molecule has 1 atom stereocenters. The lowest BCUT2D eigenvalue weighted by atomic mass is 9.93. The number of carboxylic acid groups (broad SMARTS) is 1. The number of hydrogen-bond donors (Lipinski definition) is 2. The average Bonchev–Trinajstić information content (AvgIpc) is 2.34. The molecule has 19 heavy (non-hydrogen) atoms. The second-order valence-corrected chi connectivity index (χ2v) is 5.71. The number of amides is 1. The van der Waals surface area contributed by atoms with Crippen molar-refractivity contribution >= 4 is 11.9 Å². The van der Waals surface area contributed by atoms with Gasteiger partial charge in [0.15, 0.2) is 0 Å². The van der Waals surface area contributed by atoms with E-state index in [9.17, 15) is 9.59 Å². The van der Waals surface area contributed by atoms with Gasteiger partial charge in [0.2, 0.25) is 5.91 Å². The predicted octanol–water partition coefficient (Wildman–Crippen LogP) is 1.48. The van der Waals surface area contributed by atoms with E-state index in [1.54, 1.807) is 0 Å². The SMILES string of the molecule is CC(C)NC(=O)CCN1CCCC(CCC(=O)O)C1. The Balaban J connectivity index is 2.23. The van der Waals surface area contributed by atoms with Crippen molar-refractivity contribution in [1.29, 1.82) is 0 Å². The number of piperidine rings is 1. The second kappa shape index (κ2) is 8.15. The van der Waals surface area contributed by atoms with Crippen LogP contribution in [0, 0.1) is 5.92 Å². The summed E-state index contributed by atoms with van der Waals surface area (Å²) in [6.45, 7) is 6.66. The first-order chi connectivity index (χ1) is 8.97. The average molecular weight is 270 g/mol. The summed E-state index contributed by atoms with van der Waals surface area (Å²) in [5, 5.41) is 11.6. The van der Waals surface area contributed by atoms with Gasteiger partial charge in [-0.15, -0.1) is 0 Å². The summed E-state index contributed by atoms with van der Waals surface area (Å²) in [6, 6.07) is 0.192. The molecule has 1 amide bonds. The van der Waals surface area contributed by atoms with E-state index < -0.39 is 5.97 Å². The first-order valence-corrected chi connectivity index (χ1v) is 7.21. The zero-order valence-electron chi connectivity index (χ0n) is 12.0. The van der Waals surface area contributed by atoms with Crippen molar-refractivity contribution in [3.63, 3.8) is 0 Å². The van der Waals surface area contributed by atoms with E-state index >= 15 is 0 Å². The third-order valence-electron chi connectivity index (χ3n) is 3.47. The molecular formula is C14H26N2O3. The Labute approximate surface area is 115 Å². The maximum Gasteiger partial charge on any atom is 0.303 e. The molecule has 0 radical (unpaired) electrons. The largest absolute Gasteiger partial charge is 0.481 e. The maximum absolute atomic E-state index is 11.6. The first kappa shape index (κ1) is 16.0. The smallest absolute Gasteiger partial charge is 0.303 e. The molecule has 1 fully saturated rings. The van der Waals surface area contributed by atoms with Crippen LogP contribution in [-0.2, 0) is 9.59 Å². The zero-order chi connectivity index (χ0) is 14.3. The van der Waals surface area contributed by atoms with Crippen LogP contribution >= 0.6 is 0 Å². The van der Waals surface area contributed by atoms with Crippen molar-refractivity contribution in [3.8, 4) is 0 Å². The van der Waals surface area contributed by atoms with Gasteiger partial charge >= 0.3 is 5.97 Å². The Hall–Kier alpha value is -1.10. The summed E-state index contributed by atoms with van der Waals surface area (Å²) >= 11 is 0. The Morgan fingerprint density at radius 1 is 1.37 bits per heavy atom. The number of likely N-dealkylation sites (tertiary alicyclic amines) is 1. The molecule has 1 heterocycles. The van der Waals surface area contributed by atoms with Crippen molar-refractivity contribution in [2.75, 3.05) is 19.6 Å². The van der Waals surface area contributed by atoms with E-state index in [2.05, 4.69) is 10.2 Å². The molecule has 1 aliphatic rings. The molecule has 0 saturated carbocycles. The zero-order valence-corrected chi connectivity index (χ0v) is 12.0. The quantitative estimate of drug-likeness (QED) is 0.735. The summed E-state index contributed by atoms with van der Waals surface area (Å²) in [6.07, 6.45) is 3.76. The number of hydrogen-bond acceptors (Lipinski definition) is 3. The summed E-state index contributed by atoms with van der Waals surface area (Å²) in [4.78, 5) is 24.4. The molecule has 5 nitrogen and oxygen atoms in total. The highest BCUT2D eigenvalue weighted by Gasteiger charge is 2.20. The number of aliphatic carboxylic acids is 1. The normalized spacial score (nSPS) is 20.5.